The van der Waals surface area contributed by atoms with Gasteiger partial charge in [-0.3, -0.25) is 14.9 Å². The van der Waals surface area contributed by atoms with Gasteiger partial charge in [0.2, 0.25) is 0 Å². The van der Waals surface area contributed by atoms with Crippen molar-refractivity contribution in [2.75, 3.05) is 25.6 Å². The fourth-order valence-electron chi connectivity index (χ4n) is 2.78. The van der Waals surface area contributed by atoms with Gasteiger partial charge in [0, 0.05) is 37.0 Å². The molecule has 2 aromatic rings. The number of amides is 1. The number of benzene rings is 2. The van der Waals surface area contributed by atoms with Gasteiger partial charge >= 0.3 is 0 Å². The molecule has 1 N–H and O–H groups in total. The van der Waals surface area contributed by atoms with Gasteiger partial charge in [0.05, 0.1) is 17.1 Å². The van der Waals surface area contributed by atoms with E-state index in [-0.39, 0.29) is 11.6 Å². The summed E-state index contributed by atoms with van der Waals surface area (Å²) in [6.45, 7) is 0.755. The molecule has 1 heterocycles. The van der Waals surface area contributed by atoms with Crippen LogP contribution in [0.5, 0.6) is 0 Å². The minimum Gasteiger partial charge on any atom is -0.383 e. The van der Waals surface area contributed by atoms with Gasteiger partial charge in [0.15, 0.2) is 0 Å². The number of rotatable bonds is 5. The maximum Gasteiger partial charge on any atom is 0.269 e. The Labute approximate surface area is 139 Å². The molecule has 0 unspecified atom stereocenters. The predicted octanol–water partition coefficient (Wildman–Crippen LogP) is 2.81. The fraction of sp³-hybridized carbons (Fsp3) is 0.235. The maximum absolute atomic E-state index is 12.8. The number of nitrogens with zero attached hydrogens (tertiary/aromatic N) is 2. The Morgan fingerprint density at radius 1 is 1.25 bits per heavy atom. The molecule has 1 atom stereocenters. The number of methoxy groups -OCH3 is 1. The standard InChI is InChI=1S/C17H17N3O4/c1-24-10-9-19-16(12-5-4-6-13(11-12)20(22)23)18-15-8-3-2-7-14(15)17(19)21/h2-8,11,16,18H,9-10H2,1H3/t16-/m0/s1. The minimum atomic E-state index is -0.484. The van der Waals surface area contributed by atoms with E-state index in [1.807, 2.05) is 12.1 Å². The van der Waals surface area contributed by atoms with E-state index in [1.54, 1.807) is 36.3 Å². The molecular formula is C17H17N3O4. The molecule has 0 fully saturated rings. The van der Waals surface area contributed by atoms with Crippen LogP contribution in [0, 0.1) is 10.1 Å². The molecule has 1 aliphatic rings. The maximum atomic E-state index is 12.8. The van der Waals surface area contributed by atoms with Crippen LogP contribution in [0.4, 0.5) is 11.4 Å². The summed E-state index contributed by atoms with van der Waals surface area (Å²) in [5.41, 5.74) is 1.94. The lowest BCUT2D eigenvalue weighted by Crippen LogP contribution is -2.44. The second kappa shape index (κ2) is 6.67. The highest BCUT2D eigenvalue weighted by molar-refractivity contribution is 6.01. The Morgan fingerprint density at radius 2 is 2.04 bits per heavy atom. The van der Waals surface area contributed by atoms with E-state index in [1.165, 1.54) is 12.1 Å². The van der Waals surface area contributed by atoms with Crippen molar-refractivity contribution < 1.29 is 14.5 Å². The molecule has 0 spiro atoms. The highest BCUT2D eigenvalue weighted by Crippen LogP contribution is 2.33. The summed E-state index contributed by atoms with van der Waals surface area (Å²) < 4.78 is 5.10. The van der Waals surface area contributed by atoms with E-state index in [2.05, 4.69) is 5.32 Å². The molecule has 124 valence electrons. The van der Waals surface area contributed by atoms with E-state index in [0.29, 0.717) is 30.0 Å². The summed E-state index contributed by atoms with van der Waals surface area (Å²) in [5.74, 6) is -0.127. The lowest BCUT2D eigenvalue weighted by molar-refractivity contribution is -0.384. The number of nitrogens with one attached hydrogen (secondary N) is 1. The van der Waals surface area contributed by atoms with Crippen molar-refractivity contribution in [1.29, 1.82) is 0 Å². The fourth-order valence-corrected chi connectivity index (χ4v) is 2.78. The zero-order chi connectivity index (χ0) is 17.1. The van der Waals surface area contributed by atoms with Gasteiger partial charge in [0.25, 0.3) is 11.6 Å². The van der Waals surface area contributed by atoms with Crippen molar-refractivity contribution in [2.45, 2.75) is 6.17 Å². The van der Waals surface area contributed by atoms with Gasteiger partial charge in [-0.25, -0.2) is 0 Å². The number of hydrogen-bond donors (Lipinski definition) is 1. The molecule has 3 rings (SSSR count). The Balaban J connectivity index is 2.02. The number of carbonyl (C=O) groups excluding carboxylic acids is 1. The molecule has 0 saturated carbocycles. The summed E-state index contributed by atoms with van der Waals surface area (Å²) in [6, 6.07) is 13.5. The number of nitro benzene ring substituents is 1. The SMILES string of the molecule is COCCN1C(=O)c2ccccc2N[C@@H]1c1cccc([N+](=O)[O-])c1. The lowest BCUT2D eigenvalue weighted by Gasteiger charge is -2.38. The third kappa shape index (κ3) is 2.93. The second-order valence-corrected chi connectivity index (χ2v) is 5.44. The third-order valence-electron chi connectivity index (χ3n) is 3.96. The van der Waals surface area contributed by atoms with Crippen molar-refractivity contribution in [1.82, 2.24) is 4.90 Å². The molecule has 1 aliphatic heterocycles. The van der Waals surface area contributed by atoms with Crippen molar-refractivity contribution in [2.24, 2.45) is 0 Å². The molecule has 0 saturated heterocycles. The normalized spacial score (nSPS) is 16.5. The van der Waals surface area contributed by atoms with Crippen LogP contribution in [0.25, 0.3) is 0 Å². The average Bonchev–Trinajstić information content (AvgIpc) is 2.61. The Hall–Kier alpha value is -2.93. The molecule has 24 heavy (non-hydrogen) atoms. The van der Waals surface area contributed by atoms with E-state index >= 15 is 0 Å². The Kier molecular flexibility index (Phi) is 4.43. The van der Waals surface area contributed by atoms with E-state index < -0.39 is 11.1 Å². The van der Waals surface area contributed by atoms with E-state index in [4.69, 9.17) is 4.74 Å². The van der Waals surface area contributed by atoms with Gasteiger partial charge in [-0.15, -0.1) is 0 Å². The topological polar surface area (TPSA) is 84.7 Å². The number of hydrogen-bond acceptors (Lipinski definition) is 5. The smallest absolute Gasteiger partial charge is 0.269 e. The van der Waals surface area contributed by atoms with E-state index in [0.717, 1.165) is 0 Å². The number of carbonyl (C=O) groups is 1. The molecule has 7 nitrogen and oxygen atoms in total. The summed E-state index contributed by atoms with van der Waals surface area (Å²) in [6.07, 6.45) is -0.484. The van der Waals surface area contributed by atoms with E-state index in [9.17, 15) is 14.9 Å². The number of anilines is 1. The molecule has 0 radical (unpaired) electrons. The molecule has 0 aromatic heterocycles. The third-order valence-corrected chi connectivity index (χ3v) is 3.96. The molecular weight excluding hydrogens is 310 g/mol. The monoisotopic (exact) mass is 327 g/mol. The largest absolute Gasteiger partial charge is 0.383 e. The van der Waals surface area contributed by atoms with Crippen LogP contribution in [0.2, 0.25) is 0 Å². The quantitative estimate of drug-likeness (QED) is 0.674. The zero-order valence-electron chi connectivity index (χ0n) is 13.1. The predicted molar refractivity (Wildman–Crippen MR) is 88.8 cm³/mol. The first-order chi connectivity index (χ1) is 11.6. The molecule has 0 bridgehead atoms. The first kappa shape index (κ1) is 15.9. The number of nitro groups is 1. The van der Waals surface area contributed by atoms with Crippen molar-refractivity contribution in [3.8, 4) is 0 Å². The number of para-hydroxylation sites is 1. The van der Waals surface area contributed by atoms with Crippen LogP contribution < -0.4 is 5.32 Å². The highest BCUT2D eigenvalue weighted by atomic mass is 16.6. The molecule has 0 aliphatic carbocycles. The second-order valence-electron chi connectivity index (χ2n) is 5.44. The molecule has 7 heteroatoms. The van der Waals surface area contributed by atoms with Gasteiger partial charge in [-0.05, 0) is 12.1 Å². The van der Waals surface area contributed by atoms with Crippen molar-refractivity contribution in [3.63, 3.8) is 0 Å². The van der Waals surface area contributed by atoms with Crippen LogP contribution in [0.3, 0.4) is 0 Å². The molecule has 2 aromatic carbocycles. The summed E-state index contributed by atoms with van der Waals surface area (Å²) in [5, 5.41) is 14.3. The number of ether oxygens (including phenoxy) is 1. The number of non-ortho nitro benzene ring substituents is 1. The highest BCUT2D eigenvalue weighted by Gasteiger charge is 2.33. The van der Waals surface area contributed by atoms with Crippen LogP contribution in [-0.4, -0.2) is 36.0 Å². The summed E-state index contributed by atoms with van der Waals surface area (Å²) in [4.78, 5) is 25.0. The van der Waals surface area contributed by atoms with Gasteiger partial charge in [-0.2, -0.15) is 0 Å². The molecule has 1 amide bonds. The minimum absolute atomic E-state index is 0.00713. The van der Waals surface area contributed by atoms with Crippen LogP contribution in [0.1, 0.15) is 22.1 Å². The summed E-state index contributed by atoms with van der Waals surface area (Å²) >= 11 is 0. The summed E-state index contributed by atoms with van der Waals surface area (Å²) in [7, 11) is 1.57. The average molecular weight is 327 g/mol. The van der Waals surface area contributed by atoms with Gasteiger partial charge < -0.3 is 15.0 Å². The Morgan fingerprint density at radius 3 is 2.79 bits per heavy atom. The zero-order valence-corrected chi connectivity index (χ0v) is 13.1. The van der Waals surface area contributed by atoms with Crippen molar-refractivity contribution in [3.05, 3.63) is 69.8 Å². The van der Waals surface area contributed by atoms with Gasteiger partial charge in [-0.1, -0.05) is 24.3 Å². The Bertz CT molecular complexity index is 778. The van der Waals surface area contributed by atoms with Crippen LogP contribution >= 0.6 is 0 Å². The lowest BCUT2D eigenvalue weighted by atomic mass is 10.0. The number of fused-ring (bicyclic) bond motifs is 1. The van der Waals surface area contributed by atoms with Crippen molar-refractivity contribution >= 4 is 17.3 Å². The first-order valence-electron chi connectivity index (χ1n) is 7.51. The first-order valence-corrected chi connectivity index (χ1v) is 7.51. The van der Waals surface area contributed by atoms with Crippen LogP contribution in [0.15, 0.2) is 48.5 Å². The van der Waals surface area contributed by atoms with Crippen LogP contribution in [-0.2, 0) is 4.74 Å². The van der Waals surface area contributed by atoms with Gasteiger partial charge in [0.1, 0.15) is 6.17 Å².